The highest BCUT2D eigenvalue weighted by Crippen LogP contribution is 2.61. The van der Waals surface area contributed by atoms with Crippen LogP contribution in [0.2, 0.25) is 0 Å². The van der Waals surface area contributed by atoms with Gasteiger partial charge in [0.25, 0.3) is 0 Å². The highest BCUT2D eigenvalue weighted by molar-refractivity contribution is 8.25. The molecule has 1 aliphatic rings. The second-order valence-electron chi connectivity index (χ2n) is 1.39. The fraction of sp³-hybridized carbons (Fsp3) is 1.00. The summed E-state index contributed by atoms with van der Waals surface area (Å²) in [5.74, 6) is 0.816. The van der Waals surface area contributed by atoms with E-state index in [1.54, 1.807) is 0 Å². The minimum absolute atomic E-state index is 0.816. The zero-order valence-electron chi connectivity index (χ0n) is 4.74. The topological polar surface area (TPSA) is 35.5 Å². The molecule has 0 aromatic rings. The van der Waals surface area contributed by atoms with Crippen molar-refractivity contribution in [3.8, 4) is 0 Å². The van der Waals surface area contributed by atoms with E-state index in [0.717, 1.165) is 5.75 Å². The normalized spacial score (nSPS) is 23.6. The zero-order valence-corrected chi connectivity index (χ0v) is 7.61. The van der Waals surface area contributed by atoms with E-state index in [2.05, 4.69) is 7.15 Å². The summed E-state index contributed by atoms with van der Waals surface area (Å²) < 4.78 is 30.6. The van der Waals surface area contributed by atoms with Gasteiger partial charge in [0.05, 0.1) is 0 Å². The van der Waals surface area contributed by atoms with Gasteiger partial charge >= 0.3 is 21.6 Å². The molecule has 1 rings (SSSR count). The number of hydrogen-bond donors (Lipinski definition) is 0. The summed E-state index contributed by atoms with van der Waals surface area (Å²) in [7, 11) is -2.61. The summed E-state index contributed by atoms with van der Waals surface area (Å²) in [4.78, 5) is 0. The highest BCUT2D eigenvalue weighted by Gasteiger charge is 2.52. The largest absolute Gasteiger partial charge is 0.783 e. The lowest BCUT2D eigenvalue weighted by Crippen LogP contribution is -2.25. The van der Waals surface area contributed by atoms with Gasteiger partial charge in [-0.3, -0.25) is 0 Å². The van der Waals surface area contributed by atoms with E-state index in [4.69, 9.17) is 0 Å². The van der Waals surface area contributed by atoms with E-state index in [0.29, 0.717) is 0 Å². The van der Waals surface area contributed by atoms with Gasteiger partial charge < -0.3 is 7.15 Å². The molecule has 52 valence electrons. The Kier molecular flexibility index (Phi) is 2.61. The lowest BCUT2D eigenvalue weighted by molar-refractivity contribution is 0.254. The summed E-state index contributed by atoms with van der Waals surface area (Å²) in [6, 6.07) is 0. The molecule has 1 aliphatic heterocycles. The van der Waals surface area contributed by atoms with Crippen molar-refractivity contribution in [2.75, 3.05) is 5.75 Å². The van der Waals surface area contributed by atoms with Crippen LogP contribution in [0.3, 0.4) is 0 Å². The quantitative estimate of drug-likeness (QED) is 0.487. The van der Waals surface area contributed by atoms with Crippen molar-refractivity contribution in [3.05, 3.63) is 0 Å². The van der Waals surface area contributed by atoms with Crippen LogP contribution in [-0.4, -0.2) is 19.4 Å². The molecule has 0 amide bonds. The molecular formula is C2H5AlFO3PS. The molecule has 0 N–H and O–H groups in total. The Balaban J connectivity index is 2.19. The summed E-state index contributed by atoms with van der Waals surface area (Å²) in [5, 5.41) is 0. The van der Waals surface area contributed by atoms with Gasteiger partial charge in [-0.15, -0.1) is 4.20 Å². The minimum atomic E-state index is -4.01. The third-order valence-electron chi connectivity index (χ3n) is 0.727. The van der Waals surface area contributed by atoms with Crippen molar-refractivity contribution in [3.63, 3.8) is 0 Å². The van der Waals surface area contributed by atoms with Crippen molar-refractivity contribution in [2.24, 2.45) is 0 Å². The Hall–Kier alpha value is 0.962. The van der Waals surface area contributed by atoms with E-state index in [-0.39, 0.29) is 0 Å². The molecule has 0 unspecified atom stereocenters. The van der Waals surface area contributed by atoms with Crippen LogP contribution in [0.1, 0.15) is 6.92 Å². The second kappa shape index (κ2) is 2.91. The fourth-order valence-corrected chi connectivity index (χ4v) is 6.64. The molecule has 0 aliphatic carbocycles. The molecule has 1 fully saturated rings. The highest BCUT2D eigenvalue weighted by atomic mass is 32.3. The van der Waals surface area contributed by atoms with E-state index < -0.39 is 21.6 Å². The maximum absolute atomic E-state index is 11.9. The molecule has 1 heterocycles. The van der Waals surface area contributed by atoms with E-state index >= 15 is 0 Å². The number of halogens is 1. The van der Waals surface area contributed by atoms with Crippen LogP contribution in [0.4, 0.5) is 4.20 Å². The number of hydrogen-bond acceptors (Lipinski definition) is 4. The van der Waals surface area contributed by atoms with Crippen molar-refractivity contribution >= 4 is 31.7 Å². The van der Waals surface area contributed by atoms with Gasteiger partial charge in [0.1, 0.15) is 0 Å². The molecule has 9 heavy (non-hydrogen) atoms. The predicted molar refractivity (Wildman–Crippen MR) is 34.8 cm³/mol. The van der Waals surface area contributed by atoms with Crippen LogP contribution in [0.15, 0.2) is 0 Å². The summed E-state index contributed by atoms with van der Waals surface area (Å²) in [5.41, 5.74) is 0. The first-order valence-electron chi connectivity index (χ1n) is 2.42. The molecule has 1 saturated heterocycles. The lowest BCUT2D eigenvalue weighted by Gasteiger charge is -2.24. The standard InChI is InChI=1S/C2H6S.Al.FH2O3P/c1-2-3;;1-5(2,3)4/h3H,2H2,1H3;;(H2,2,3,4)/q;+3;/p-3. The van der Waals surface area contributed by atoms with Gasteiger partial charge in [-0.05, 0) is 5.75 Å². The van der Waals surface area contributed by atoms with Gasteiger partial charge in [0, 0.05) is 0 Å². The minimum Gasteiger partial charge on any atom is -0.376 e. The molecule has 0 radical (unpaired) electrons. The summed E-state index contributed by atoms with van der Waals surface area (Å²) in [6.07, 6.45) is 0. The third kappa shape index (κ3) is 2.23. The van der Waals surface area contributed by atoms with Crippen LogP contribution in [-0.2, 0) is 11.7 Å². The molecule has 0 saturated carbocycles. The van der Waals surface area contributed by atoms with Gasteiger partial charge in [0.15, 0.2) is 0 Å². The SMILES string of the molecule is CC[S][Al]1[O]P(=O)(F)[O]1. The molecular weight excluding hydrogens is 181 g/mol. The van der Waals surface area contributed by atoms with Gasteiger partial charge in [0.2, 0.25) is 0 Å². The van der Waals surface area contributed by atoms with Crippen LogP contribution in [0.5, 0.6) is 0 Å². The van der Waals surface area contributed by atoms with Crippen LogP contribution < -0.4 is 0 Å². The van der Waals surface area contributed by atoms with Crippen molar-refractivity contribution in [1.29, 1.82) is 0 Å². The zero-order chi connectivity index (χ0) is 6.91. The Labute approximate surface area is 60.7 Å². The summed E-state index contributed by atoms with van der Waals surface area (Å²) >= 11 is -1.85. The van der Waals surface area contributed by atoms with E-state index in [1.165, 1.54) is 10.1 Å². The fourth-order valence-electron chi connectivity index (χ4n) is 0.410. The lowest BCUT2D eigenvalue weighted by atomic mass is 11.0. The Morgan fingerprint density at radius 2 is 2.33 bits per heavy atom. The Bertz CT molecular complexity index is 145. The van der Waals surface area contributed by atoms with Crippen molar-refractivity contribution in [1.82, 2.24) is 0 Å². The molecule has 0 spiro atoms. The average Bonchev–Trinajstić information content (AvgIpc) is 1.62. The first kappa shape index (κ1) is 8.06. The Morgan fingerprint density at radius 1 is 1.78 bits per heavy atom. The molecule has 0 aromatic heterocycles. The smallest absolute Gasteiger partial charge is 0.376 e. The first-order chi connectivity index (χ1) is 4.14. The summed E-state index contributed by atoms with van der Waals surface area (Å²) in [6.45, 7) is 1.91. The molecule has 7 heteroatoms. The maximum atomic E-state index is 11.9. The molecule has 0 atom stereocenters. The monoisotopic (exact) mass is 186 g/mol. The molecule has 0 bridgehead atoms. The van der Waals surface area contributed by atoms with Crippen LogP contribution >= 0.6 is 18.0 Å². The number of rotatable bonds is 2. The van der Waals surface area contributed by atoms with E-state index in [9.17, 15) is 8.76 Å². The van der Waals surface area contributed by atoms with Crippen LogP contribution in [0, 0.1) is 0 Å². The average molecular weight is 186 g/mol. The van der Waals surface area contributed by atoms with Gasteiger partial charge in [-0.1, -0.05) is 6.92 Å². The Morgan fingerprint density at radius 3 is 2.67 bits per heavy atom. The third-order valence-corrected chi connectivity index (χ3v) is 8.09. The van der Waals surface area contributed by atoms with Crippen molar-refractivity contribution < 1.29 is 15.9 Å². The van der Waals surface area contributed by atoms with Crippen LogP contribution in [0.25, 0.3) is 0 Å². The molecule has 0 aromatic carbocycles. The first-order valence-corrected chi connectivity index (χ1v) is 7.26. The van der Waals surface area contributed by atoms with Gasteiger partial charge in [-0.25, -0.2) is 4.57 Å². The second-order valence-corrected chi connectivity index (χ2v) is 7.58. The van der Waals surface area contributed by atoms with E-state index in [1.807, 2.05) is 6.92 Å². The maximum Gasteiger partial charge on any atom is 0.783 e. The molecule has 3 nitrogen and oxygen atoms in total. The van der Waals surface area contributed by atoms with Gasteiger partial charge in [-0.2, -0.15) is 10.1 Å². The predicted octanol–water partition coefficient (Wildman–Crippen LogP) is 1.85. The van der Waals surface area contributed by atoms with Crippen molar-refractivity contribution in [2.45, 2.75) is 6.92 Å².